The lowest BCUT2D eigenvalue weighted by Crippen LogP contribution is -2.32. The second-order valence-corrected chi connectivity index (χ2v) is 7.20. The highest BCUT2D eigenvalue weighted by molar-refractivity contribution is 5.81. The number of rotatable bonds is 12. The topological polar surface area (TPSA) is 188 Å². The van der Waals surface area contributed by atoms with Gasteiger partial charge in [0.15, 0.2) is 0 Å². The van der Waals surface area contributed by atoms with Crippen LogP contribution in [-0.2, 0) is 28.7 Å². The second kappa shape index (κ2) is 22.9. The molecule has 0 aliphatic heterocycles. The highest BCUT2D eigenvalue weighted by Crippen LogP contribution is 2.18. The van der Waals surface area contributed by atoms with Crippen LogP contribution < -0.4 is 0 Å². The minimum Gasteiger partial charge on any atom is -0.478 e. The molecule has 0 fully saturated rings. The minimum absolute atomic E-state index is 0.156. The van der Waals surface area contributed by atoms with Gasteiger partial charge in [0.25, 0.3) is 0 Å². The Kier molecular flexibility index (Phi) is 25.6. The summed E-state index contributed by atoms with van der Waals surface area (Å²) in [5.41, 5.74) is -1.09. The summed E-state index contributed by atoms with van der Waals surface area (Å²) < 4.78 is 9.70. The maximum absolute atomic E-state index is 10.8. The lowest BCUT2D eigenvalue weighted by molar-refractivity contribution is -0.146. The number of ether oxygens (including phenoxy) is 2. The van der Waals surface area contributed by atoms with Crippen LogP contribution in [0.3, 0.4) is 0 Å². The summed E-state index contributed by atoms with van der Waals surface area (Å²) in [6.45, 7) is 17.8. The smallest absolute Gasteiger partial charge is 0.330 e. The zero-order valence-corrected chi connectivity index (χ0v) is 20.1. The van der Waals surface area contributed by atoms with E-state index >= 15 is 0 Å². The number of carbonyl (C=O) groups is 4. The van der Waals surface area contributed by atoms with Gasteiger partial charge < -0.3 is 35.0 Å². The van der Waals surface area contributed by atoms with Crippen LogP contribution in [0.2, 0.25) is 0 Å². The molecule has 0 spiro atoms. The van der Waals surface area contributed by atoms with Gasteiger partial charge in [0.1, 0.15) is 0 Å². The van der Waals surface area contributed by atoms with E-state index in [1.54, 1.807) is 0 Å². The largest absolute Gasteiger partial charge is 0.478 e. The van der Waals surface area contributed by atoms with E-state index in [1.807, 2.05) is 20.8 Å². The third-order valence-electron chi connectivity index (χ3n) is 3.65. The third-order valence-corrected chi connectivity index (χ3v) is 3.65. The lowest BCUT2D eigenvalue weighted by Gasteiger charge is -2.24. The van der Waals surface area contributed by atoms with E-state index in [1.165, 1.54) is 0 Å². The van der Waals surface area contributed by atoms with Crippen molar-refractivity contribution in [1.82, 2.24) is 0 Å². The molecule has 11 heteroatoms. The molecular formula is C23H38O11. The van der Waals surface area contributed by atoms with Crippen molar-refractivity contribution in [2.75, 3.05) is 33.0 Å². The molecule has 0 amide bonds. The molecule has 11 nitrogen and oxygen atoms in total. The van der Waals surface area contributed by atoms with Gasteiger partial charge in [-0.2, -0.15) is 0 Å². The van der Waals surface area contributed by atoms with E-state index in [2.05, 4.69) is 26.3 Å². The Bertz CT molecular complexity index is 586. The Morgan fingerprint density at radius 3 is 1.09 bits per heavy atom. The van der Waals surface area contributed by atoms with Crippen LogP contribution in [0, 0.1) is 10.8 Å². The average Bonchev–Trinajstić information content (AvgIpc) is 2.83. The van der Waals surface area contributed by atoms with Crippen molar-refractivity contribution >= 4 is 23.9 Å². The molecule has 0 radical (unpaired) electrons. The van der Waals surface area contributed by atoms with E-state index in [9.17, 15) is 19.2 Å². The Morgan fingerprint density at radius 1 is 0.706 bits per heavy atom. The number of hydrogen-bond donors (Lipinski definition) is 5. The van der Waals surface area contributed by atoms with E-state index in [4.69, 9.17) is 35.0 Å². The van der Waals surface area contributed by atoms with Gasteiger partial charge in [-0.15, -0.1) is 0 Å². The zero-order chi connectivity index (χ0) is 27.8. The highest BCUT2D eigenvalue weighted by atomic mass is 16.5. The molecule has 5 N–H and O–H groups in total. The van der Waals surface area contributed by atoms with Gasteiger partial charge in [-0.3, -0.25) is 0 Å². The maximum Gasteiger partial charge on any atom is 0.330 e. The van der Waals surface area contributed by atoms with Crippen LogP contribution in [0.4, 0.5) is 0 Å². The predicted molar refractivity (Wildman–Crippen MR) is 126 cm³/mol. The number of aliphatic hydroxyl groups is 3. The van der Waals surface area contributed by atoms with Gasteiger partial charge in [-0.1, -0.05) is 47.1 Å². The fourth-order valence-corrected chi connectivity index (χ4v) is 1.18. The number of aliphatic hydroxyl groups excluding tert-OH is 3. The standard InChI is InChI=1S/C11H16O4.C6H14O3.2C3H4O2/c1-5-9(12)14-7-11(3,4)8-15-10(13)6-2;1-2-6(3-7,4-8)5-9;2*1-2-3(4)5/h5-6H,1-2,7-8H2,3-4H3;7-9H,2-5H2,1H3;2*2H,1H2,(H,4,5). The van der Waals surface area contributed by atoms with E-state index < -0.39 is 34.7 Å². The summed E-state index contributed by atoms with van der Waals surface area (Å²) in [5, 5.41) is 41.2. The molecule has 0 unspecified atom stereocenters. The monoisotopic (exact) mass is 490 g/mol. The molecule has 0 aromatic rings. The molecular weight excluding hydrogens is 452 g/mol. The van der Waals surface area contributed by atoms with Crippen LogP contribution in [0.1, 0.15) is 27.2 Å². The molecule has 0 aromatic heterocycles. The van der Waals surface area contributed by atoms with Crippen molar-refractivity contribution in [3.8, 4) is 0 Å². The number of carboxylic acid groups (broad SMARTS) is 2. The zero-order valence-electron chi connectivity index (χ0n) is 20.1. The summed E-state index contributed by atoms with van der Waals surface area (Å²) in [6.07, 6.45) is 4.44. The van der Waals surface area contributed by atoms with Crippen LogP contribution in [0.25, 0.3) is 0 Å². The summed E-state index contributed by atoms with van der Waals surface area (Å²) >= 11 is 0. The summed E-state index contributed by atoms with van der Waals surface area (Å²) in [7, 11) is 0. The molecule has 0 aliphatic rings. The number of carbonyl (C=O) groups excluding carboxylic acids is 2. The Morgan fingerprint density at radius 2 is 0.971 bits per heavy atom. The van der Waals surface area contributed by atoms with E-state index in [0.717, 1.165) is 24.3 Å². The predicted octanol–water partition coefficient (Wildman–Crippen LogP) is 1.34. The van der Waals surface area contributed by atoms with Gasteiger partial charge in [0, 0.05) is 35.1 Å². The van der Waals surface area contributed by atoms with Crippen LogP contribution >= 0.6 is 0 Å². The minimum atomic E-state index is -0.981. The Hall–Kier alpha value is -3.28. The first-order chi connectivity index (χ1) is 15.7. The Labute approximate surface area is 200 Å². The fraction of sp³-hybridized carbons (Fsp3) is 0.478. The lowest BCUT2D eigenvalue weighted by atomic mass is 9.88. The molecule has 196 valence electrons. The number of esters is 2. The highest BCUT2D eigenvalue weighted by Gasteiger charge is 2.25. The first-order valence-corrected chi connectivity index (χ1v) is 9.81. The molecule has 0 heterocycles. The molecule has 0 bridgehead atoms. The number of aliphatic carboxylic acids is 2. The van der Waals surface area contributed by atoms with Crippen molar-refractivity contribution in [1.29, 1.82) is 0 Å². The van der Waals surface area contributed by atoms with Crippen molar-refractivity contribution in [2.24, 2.45) is 10.8 Å². The van der Waals surface area contributed by atoms with Crippen molar-refractivity contribution in [2.45, 2.75) is 27.2 Å². The molecule has 0 saturated carbocycles. The molecule has 0 atom stereocenters. The van der Waals surface area contributed by atoms with Gasteiger partial charge in [-0.05, 0) is 6.42 Å². The third kappa shape index (κ3) is 26.8. The van der Waals surface area contributed by atoms with E-state index in [-0.39, 0.29) is 33.0 Å². The fourth-order valence-electron chi connectivity index (χ4n) is 1.18. The number of carboxylic acids is 2. The molecule has 0 aliphatic carbocycles. The second-order valence-electron chi connectivity index (χ2n) is 7.20. The molecule has 34 heavy (non-hydrogen) atoms. The maximum atomic E-state index is 10.8. The van der Waals surface area contributed by atoms with Crippen LogP contribution in [0.15, 0.2) is 50.6 Å². The van der Waals surface area contributed by atoms with Gasteiger partial charge in [-0.25, -0.2) is 19.2 Å². The average molecular weight is 491 g/mol. The van der Waals surface area contributed by atoms with E-state index in [0.29, 0.717) is 6.42 Å². The van der Waals surface area contributed by atoms with Gasteiger partial charge >= 0.3 is 23.9 Å². The summed E-state index contributed by atoms with van der Waals surface area (Å²) in [6, 6.07) is 0. The van der Waals surface area contributed by atoms with Gasteiger partial charge in [0.05, 0.1) is 33.0 Å². The van der Waals surface area contributed by atoms with Crippen LogP contribution in [-0.4, -0.2) is 82.4 Å². The number of hydrogen-bond acceptors (Lipinski definition) is 9. The molecule has 0 saturated heterocycles. The first kappa shape index (κ1) is 38.0. The molecule has 0 aromatic carbocycles. The molecule has 0 rings (SSSR count). The normalized spacial score (nSPS) is 9.59. The summed E-state index contributed by atoms with van der Waals surface area (Å²) in [4.78, 5) is 40.1. The van der Waals surface area contributed by atoms with Crippen molar-refractivity contribution < 1.29 is 54.2 Å². The summed E-state index contributed by atoms with van der Waals surface area (Å²) in [5.74, 6) is -2.94. The SMILES string of the molecule is C=CC(=O)O.C=CC(=O)O.C=CC(=O)OCC(C)(C)COC(=O)C=C.CCC(CO)(CO)CO. The first-order valence-electron chi connectivity index (χ1n) is 9.81. The Balaban J connectivity index is -0.000000200. The van der Waals surface area contributed by atoms with Gasteiger partial charge in [0.2, 0.25) is 0 Å². The van der Waals surface area contributed by atoms with Crippen LogP contribution in [0.5, 0.6) is 0 Å². The quantitative estimate of drug-likeness (QED) is 0.196. The van der Waals surface area contributed by atoms with Crippen molar-refractivity contribution in [3.63, 3.8) is 0 Å². The van der Waals surface area contributed by atoms with Crippen molar-refractivity contribution in [3.05, 3.63) is 50.6 Å².